The molecule has 1 amide bonds. The summed E-state index contributed by atoms with van der Waals surface area (Å²) in [5.74, 6) is 0.332. The van der Waals surface area contributed by atoms with E-state index in [1.807, 2.05) is 27.7 Å². The van der Waals surface area contributed by atoms with Crippen LogP contribution in [-0.2, 0) is 9.63 Å². The fourth-order valence-corrected chi connectivity index (χ4v) is 0.539. The number of nitrogens with one attached hydrogen (secondary N) is 1. The summed E-state index contributed by atoms with van der Waals surface area (Å²) in [4.78, 5) is 15.9. The van der Waals surface area contributed by atoms with Crippen molar-refractivity contribution in [2.24, 2.45) is 11.8 Å². The van der Waals surface area contributed by atoms with Gasteiger partial charge in [0.25, 0.3) is 0 Å². The molecule has 0 aromatic rings. The molecule has 0 fully saturated rings. The van der Waals surface area contributed by atoms with Gasteiger partial charge in [-0.3, -0.25) is 9.63 Å². The SMILES string of the molecule is CCONC(=O)C(C)C(C)C. The maximum atomic E-state index is 11.1. The van der Waals surface area contributed by atoms with Crippen molar-refractivity contribution in [3.8, 4) is 0 Å². The zero-order chi connectivity index (χ0) is 8.85. The quantitative estimate of drug-likeness (QED) is 0.629. The van der Waals surface area contributed by atoms with E-state index in [-0.39, 0.29) is 11.8 Å². The molecule has 3 heteroatoms. The Morgan fingerprint density at radius 3 is 2.36 bits per heavy atom. The van der Waals surface area contributed by atoms with Gasteiger partial charge in [-0.25, -0.2) is 5.48 Å². The summed E-state index contributed by atoms with van der Waals surface area (Å²) in [7, 11) is 0. The molecule has 0 aliphatic rings. The van der Waals surface area contributed by atoms with E-state index < -0.39 is 0 Å². The van der Waals surface area contributed by atoms with Crippen molar-refractivity contribution in [2.45, 2.75) is 27.7 Å². The van der Waals surface area contributed by atoms with Crippen LogP contribution in [0.2, 0.25) is 0 Å². The van der Waals surface area contributed by atoms with Gasteiger partial charge in [0, 0.05) is 5.92 Å². The Labute approximate surface area is 68.1 Å². The monoisotopic (exact) mass is 159 g/mol. The number of hydrogen-bond donors (Lipinski definition) is 1. The van der Waals surface area contributed by atoms with Gasteiger partial charge in [-0.2, -0.15) is 0 Å². The molecule has 11 heavy (non-hydrogen) atoms. The molecule has 66 valence electrons. The lowest BCUT2D eigenvalue weighted by atomic mass is 9.98. The average Bonchev–Trinajstić information content (AvgIpc) is 1.98. The Kier molecular flexibility index (Phi) is 4.86. The lowest BCUT2D eigenvalue weighted by molar-refractivity contribution is -0.138. The van der Waals surface area contributed by atoms with Crippen molar-refractivity contribution < 1.29 is 9.63 Å². The van der Waals surface area contributed by atoms with Crippen LogP contribution in [0.4, 0.5) is 0 Å². The zero-order valence-electron chi connectivity index (χ0n) is 7.68. The maximum absolute atomic E-state index is 11.1. The molecule has 0 aromatic heterocycles. The van der Waals surface area contributed by atoms with Crippen LogP contribution < -0.4 is 5.48 Å². The summed E-state index contributed by atoms with van der Waals surface area (Å²) >= 11 is 0. The molecule has 0 aliphatic heterocycles. The molecule has 1 unspecified atom stereocenters. The van der Waals surface area contributed by atoms with Gasteiger partial charge in [0.2, 0.25) is 5.91 Å². The summed E-state index contributed by atoms with van der Waals surface area (Å²) in [5.41, 5.74) is 2.37. The number of carbonyl (C=O) groups is 1. The smallest absolute Gasteiger partial charge is 0.246 e. The van der Waals surface area contributed by atoms with Gasteiger partial charge in [-0.15, -0.1) is 0 Å². The molecule has 0 spiro atoms. The number of hydrogen-bond acceptors (Lipinski definition) is 2. The van der Waals surface area contributed by atoms with E-state index in [0.717, 1.165) is 0 Å². The van der Waals surface area contributed by atoms with Gasteiger partial charge in [0.05, 0.1) is 6.61 Å². The van der Waals surface area contributed by atoms with Crippen molar-refractivity contribution >= 4 is 5.91 Å². The van der Waals surface area contributed by atoms with Crippen LogP contribution in [0, 0.1) is 11.8 Å². The first-order valence-corrected chi connectivity index (χ1v) is 4.01. The van der Waals surface area contributed by atoms with Gasteiger partial charge < -0.3 is 0 Å². The molecule has 0 bridgehead atoms. The molecular weight excluding hydrogens is 142 g/mol. The number of rotatable bonds is 4. The van der Waals surface area contributed by atoms with E-state index in [2.05, 4.69) is 5.48 Å². The predicted octanol–water partition coefficient (Wildman–Crippen LogP) is 1.35. The Bertz CT molecular complexity index is 123. The summed E-state index contributed by atoms with van der Waals surface area (Å²) in [6.45, 7) is 8.25. The van der Waals surface area contributed by atoms with Crippen molar-refractivity contribution in [1.29, 1.82) is 0 Å². The van der Waals surface area contributed by atoms with Gasteiger partial charge >= 0.3 is 0 Å². The fourth-order valence-electron chi connectivity index (χ4n) is 0.539. The van der Waals surface area contributed by atoms with Crippen LogP contribution >= 0.6 is 0 Å². The molecule has 0 saturated carbocycles. The minimum absolute atomic E-state index is 0.0153. The summed E-state index contributed by atoms with van der Waals surface area (Å²) in [6.07, 6.45) is 0. The van der Waals surface area contributed by atoms with Crippen LogP contribution in [-0.4, -0.2) is 12.5 Å². The van der Waals surface area contributed by atoms with Crippen LogP contribution in [0.3, 0.4) is 0 Å². The van der Waals surface area contributed by atoms with Crippen LogP contribution in [0.15, 0.2) is 0 Å². The molecule has 3 nitrogen and oxygen atoms in total. The van der Waals surface area contributed by atoms with Crippen molar-refractivity contribution in [3.63, 3.8) is 0 Å². The summed E-state index contributed by atoms with van der Waals surface area (Å²) in [6, 6.07) is 0. The van der Waals surface area contributed by atoms with Gasteiger partial charge in [0.1, 0.15) is 0 Å². The van der Waals surface area contributed by atoms with Gasteiger partial charge in [0.15, 0.2) is 0 Å². The largest absolute Gasteiger partial charge is 0.274 e. The lowest BCUT2D eigenvalue weighted by Crippen LogP contribution is -2.31. The molecule has 0 heterocycles. The Hall–Kier alpha value is -0.570. The zero-order valence-corrected chi connectivity index (χ0v) is 7.68. The van der Waals surface area contributed by atoms with Crippen LogP contribution in [0.5, 0.6) is 0 Å². The highest BCUT2D eigenvalue weighted by Crippen LogP contribution is 2.08. The van der Waals surface area contributed by atoms with E-state index >= 15 is 0 Å². The Morgan fingerprint density at radius 2 is 2.00 bits per heavy atom. The van der Waals surface area contributed by atoms with Crippen molar-refractivity contribution in [2.75, 3.05) is 6.61 Å². The van der Waals surface area contributed by atoms with E-state index in [0.29, 0.717) is 12.5 Å². The summed E-state index contributed by atoms with van der Waals surface area (Å²) in [5, 5.41) is 0. The molecular formula is C8H17NO2. The molecule has 1 N–H and O–H groups in total. The second kappa shape index (κ2) is 5.13. The molecule has 0 radical (unpaired) electrons. The van der Waals surface area contributed by atoms with E-state index in [4.69, 9.17) is 4.84 Å². The first-order chi connectivity index (χ1) is 5.09. The topological polar surface area (TPSA) is 38.3 Å². The van der Waals surface area contributed by atoms with Gasteiger partial charge in [-0.1, -0.05) is 20.8 Å². The molecule has 0 aliphatic carbocycles. The number of hydroxylamine groups is 1. The molecule has 1 atom stereocenters. The minimum atomic E-state index is -0.0400. The van der Waals surface area contributed by atoms with Gasteiger partial charge in [-0.05, 0) is 12.8 Å². The first kappa shape index (κ1) is 10.4. The predicted molar refractivity (Wildman–Crippen MR) is 43.8 cm³/mol. The van der Waals surface area contributed by atoms with Crippen molar-refractivity contribution in [1.82, 2.24) is 5.48 Å². The first-order valence-electron chi connectivity index (χ1n) is 4.01. The molecule has 0 aromatic carbocycles. The lowest BCUT2D eigenvalue weighted by Gasteiger charge is -2.14. The number of carbonyl (C=O) groups excluding carboxylic acids is 1. The minimum Gasteiger partial charge on any atom is -0.274 e. The van der Waals surface area contributed by atoms with Crippen LogP contribution in [0.1, 0.15) is 27.7 Å². The van der Waals surface area contributed by atoms with E-state index in [9.17, 15) is 4.79 Å². The second-order valence-electron chi connectivity index (χ2n) is 2.93. The van der Waals surface area contributed by atoms with E-state index in [1.165, 1.54) is 0 Å². The molecule has 0 rings (SSSR count). The maximum Gasteiger partial charge on any atom is 0.246 e. The Balaban J connectivity index is 3.64. The fraction of sp³-hybridized carbons (Fsp3) is 0.875. The molecule has 0 saturated heterocycles. The van der Waals surface area contributed by atoms with E-state index in [1.54, 1.807) is 0 Å². The highest BCUT2D eigenvalue weighted by molar-refractivity contribution is 5.77. The number of amides is 1. The standard InChI is InChI=1S/C8H17NO2/c1-5-11-9-8(10)7(4)6(2)3/h6-7H,5H2,1-4H3,(H,9,10). The summed E-state index contributed by atoms with van der Waals surface area (Å²) < 4.78 is 0. The third-order valence-corrected chi connectivity index (χ3v) is 1.73. The van der Waals surface area contributed by atoms with Crippen molar-refractivity contribution in [3.05, 3.63) is 0 Å². The normalized spacial score (nSPS) is 13.2. The average molecular weight is 159 g/mol. The third-order valence-electron chi connectivity index (χ3n) is 1.73. The second-order valence-corrected chi connectivity index (χ2v) is 2.93. The van der Waals surface area contributed by atoms with Crippen LogP contribution in [0.25, 0.3) is 0 Å². The third kappa shape index (κ3) is 3.98. The Morgan fingerprint density at radius 1 is 1.45 bits per heavy atom. The highest BCUT2D eigenvalue weighted by Gasteiger charge is 2.15. The highest BCUT2D eigenvalue weighted by atomic mass is 16.6.